The van der Waals surface area contributed by atoms with Gasteiger partial charge in [0, 0.05) is 19.9 Å². The van der Waals surface area contributed by atoms with Gasteiger partial charge in [-0.15, -0.1) is 0 Å². The second kappa shape index (κ2) is 5.66. The van der Waals surface area contributed by atoms with Crippen LogP contribution in [0.5, 0.6) is 5.75 Å². The van der Waals surface area contributed by atoms with Crippen LogP contribution >= 0.6 is 31.9 Å². The van der Waals surface area contributed by atoms with Crippen LogP contribution in [0.2, 0.25) is 0 Å². The lowest BCUT2D eigenvalue weighted by molar-refractivity contribution is 0.414. The number of hydrogen-bond acceptors (Lipinski definition) is 3. The van der Waals surface area contributed by atoms with Gasteiger partial charge in [0.05, 0.1) is 12.7 Å². The fourth-order valence-electron chi connectivity index (χ4n) is 2.12. The third kappa shape index (κ3) is 2.76. The van der Waals surface area contributed by atoms with Crippen LogP contribution in [0.3, 0.4) is 0 Å². The zero-order valence-corrected chi connectivity index (χ0v) is 14.2. The lowest BCUT2D eigenvalue weighted by atomic mass is 10.1. The average molecular weight is 410 g/mol. The van der Waals surface area contributed by atoms with E-state index in [9.17, 15) is 4.79 Å². The Hall–Kier alpha value is -1.59. The number of benzene rings is 2. The molecule has 0 amide bonds. The van der Waals surface area contributed by atoms with E-state index in [1.54, 1.807) is 13.2 Å². The molecule has 5 heteroatoms. The fourth-order valence-corrected chi connectivity index (χ4v) is 3.07. The summed E-state index contributed by atoms with van der Waals surface area (Å²) in [6.45, 7) is 0. The molecule has 0 bridgehead atoms. The molecule has 0 spiro atoms. The largest absolute Gasteiger partial charge is 0.497 e. The van der Waals surface area contributed by atoms with E-state index in [0.717, 1.165) is 25.6 Å². The molecule has 0 unspecified atom stereocenters. The summed E-state index contributed by atoms with van der Waals surface area (Å²) in [6, 6.07) is 12.8. The minimum absolute atomic E-state index is 0.365. The molecular weight excluding hydrogens is 400 g/mol. The minimum atomic E-state index is -0.365. The topological polar surface area (TPSA) is 39.4 Å². The van der Waals surface area contributed by atoms with Gasteiger partial charge in [0.1, 0.15) is 11.3 Å². The molecule has 0 fully saturated rings. The Labute approximate surface area is 137 Å². The van der Waals surface area contributed by atoms with Crippen molar-refractivity contribution in [2.75, 3.05) is 7.11 Å². The molecule has 0 saturated heterocycles. The summed E-state index contributed by atoms with van der Waals surface area (Å²) in [4.78, 5) is 12.2. The van der Waals surface area contributed by atoms with E-state index >= 15 is 0 Å². The maximum atomic E-state index is 12.2. The highest BCUT2D eigenvalue weighted by Crippen LogP contribution is 2.31. The summed E-state index contributed by atoms with van der Waals surface area (Å²) in [5, 5.41) is 0.863. The summed E-state index contributed by atoms with van der Waals surface area (Å²) in [7, 11) is 1.60. The molecule has 0 radical (unpaired) electrons. The first-order valence-corrected chi connectivity index (χ1v) is 7.74. The molecule has 1 aromatic heterocycles. The molecule has 3 nitrogen and oxygen atoms in total. The van der Waals surface area contributed by atoms with Crippen molar-refractivity contribution in [3.8, 4) is 16.9 Å². The first-order valence-electron chi connectivity index (χ1n) is 6.16. The Bertz CT molecular complexity index is 884. The van der Waals surface area contributed by atoms with Crippen LogP contribution in [0.15, 0.2) is 60.6 Å². The van der Waals surface area contributed by atoms with Gasteiger partial charge < -0.3 is 9.15 Å². The number of methoxy groups -OCH3 is 1. The van der Waals surface area contributed by atoms with E-state index in [4.69, 9.17) is 9.15 Å². The van der Waals surface area contributed by atoms with Gasteiger partial charge in [-0.3, -0.25) is 0 Å². The number of ether oxygens (including phenoxy) is 1. The summed E-state index contributed by atoms with van der Waals surface area (Å²) in [5.74, 6) is 0.721. The van der Waals surface area contributed by atoms with E-state index in [1.165, 1.54) is 0 Å². The van der Waals surface area contributed by atoms with Gasteiger partial charge >= 0.3 is 5.63 Å². The molecule has 0 aliphatic heterocycles. The van der Waals surface area contributed by atoms with Crippen molar-refractivity contribution in [2.45, 2.75) is 0 Å². The number of hydrogen-bond donors (Lipinski definition) is 0. The summed E-state index contributed by atoms with van der Waals surface area (Å²) in [6.07, 6.45) is 0. The molecule has 3 rings (SSSR count). The Morgan fingerprint density at radius 2 is 1.81 bits per heavy atom. The normalized spacial score (nSPS) is 10.8. The standard InChI is InChI=1S/C16H10Br2O3/c1-20-11-3-4-12(14(18)8-11)13-7-9-6-10(17)2-5-15(9)21-16(13)19/h2-8H,1H3. The van der Waals surface area contributed by atoms with Crippen molar-refractivity contribution in [3.05, 3.63) is 61.8 Å². The summed E-state index contributed by atoms with van der Waals surface area (Å²) < 4.78 is 12.3. The average Bonchev–Trinajstić information content (AvgIpc) is 2.47. The third-order valence-corrected chi connectivity index (χ3v) is 4.31. The Kier molecular flexibility index (Phi) is 3.87. The van der Waals surface area contributed by atoms with Gasteiger partial charge in [0.2, 0.25) is 0 Å². The number of rotatable bonds is 2. The molecule has 2 aromatic carbocycles. The molecule has 0 N–H and O–H groups in total. The summed E-state index contributed by atoms with van der Waals surface area (Å²) in [5.41, 5.74) is 1.48. The van der Waals surface area contributed by atoms with Crippen LogP contribution in [-0.2, 0) is 0 Å². The Balaban J connectivity index is 2.24. The lowest BCUT2D eigenvalue weighted by Gasteiger charge is -2.07. The van der Waals surface area contributed by atoms with E-state index in [0.29, 0.717) is 11.1 Å². The van der Waals surface area contributed by atoms with Crippen LogP contribution < -0.4 is 10.4 Å². The zero-order chi connectivity index (χ0) is 15.0. The van der Waals surface area contributed by atoms with Crippen molar-refractivity contribution in [1.82, 2.24) is 0 Å². The molecule has 3 aromatic rings. The highest BCUT2D eigenvalue weighted by atomic mass is 79.9. The maximum Gasteiger partial charge on any atom is 0.344 e. The molecule has 0 atom stereocenters. The predicted molar refractivity (Wildman–Crippen MR) is 89.9 cm³/mol. The molecule has 21 heavy (non-hydrogen) atoms. The third-order valence-electron chi connectivity index (χ3n) is 3.16. The smallest absolute Gasteiger partial charge is 0.344 e. The van der Waals surface area contributed by atoms with Gasteiger partial charge in [-0.05, 0) is 42.5 Å². The Morgan fingerprint density at radius 3 is 2.52 bits per heavy atom. The minimum Gasteiger partial charge on any atom is -0.497 e. The molecule has 0 saturated carbocycles. The van der Waals surface area contributed by atoms with Crippen LogP contribution in [0, 0.1) is 0 Å². The van der Waals surface area contributed by atoms with Crippen LogP contribution in [0.25, 0.3) is 22.1 Å². The van der Waals surface area contributed by atoms with E-state index < -0.39 is 0 Å². The monoisotopic (exact) mass is 408 g/mol. The predicted octanol–water partition coefficient (Wildman–Crippen LogP) is 4.99. The highest BCUT2D eigenvalue weighted by molar-refractivity contribution is 9.10. The molecule has 106 valence electrons. The molecule has 1 heterocycles. The molecular formula is C16H10Br2O3. The fraction of sp³-hybridized carbons (Fsp3) is 0.0625. The highest BCUT2D eigenvalue weighted by Gasteiger charge is 2.11. The van der Waals surface area contributed by atoms with Crippen molar-refractivity contribution in [3.63, 3.8) is 0 Å². The van der Waals surface area contributed by atoms with Crippen molar-refractivity contribution < 1.29 is 9.15 Å². The van der Waals surface area contributed by atoms with E-state index in [1.807, 2.05) is 36.4 Å². The molecule has 0 aliphatic rings. The first kappa shape index (κ1) is 14.4. The van der Waals surface area contributed by atoms with Gasteiger partial charge in [-0.1, -0.05) is 31.9 Å². The zero-order valence-electron chi connectivity index (χ0n) is 11.0. The van der Waals surface area contributed by atoms with Crippen LogP contribution in [0.4, 0.5) is 0 Å². The van der Waals surface area contributed by atoms with Crippen LogP contribution in [0.1, 0.15) is 0 Å². The van der Waals surface area contributed by atoms with Gasteiger partial charge in [-0.25, -0.2) is 4.79 Å². The van der Waals surface area contributed by atoms with Crippen molar-refractivity contribution in [2.24, 2.45) is 0 Å². The van der Waals surface area contributed by atoms with E-state index in [2.05, 4.69) is 31.9 Å². The summed E-state index contributed by atoms with van der Waals surface area (Å²) >= 11 is 6.89. The SMILES string of the molecule is COc1ccc(-c2cc3cc(Br)ccc3oc2=O)c(Br)c1. The number of halogens is 2. The van der Waals surface area contributed by atoms with Crippen molar-refractivity contribution >= 4 is 42.8 Å². The first-order chi connectivity index (χ1) is 10.1. The lowest BCUT2D eigenvalue weighted by Crippen LogP contribution is -2.03. The van der Waals surface area contributed by atoms with Gasteiger partial charge in [0.25, 0.3) is 0 Å². The number of fused-ring (bicyclic) bond motifs is 1. The Morgan fingerprint density at radius 1 is 1.00 bits per heavy atom. The van der Waals surface area contributed by atoms with E-state index in [-0.39, 0.29) is 5.63 Å². The quantitative estimate of drug-likeness (QED) is 0.559. The van der Waals surface area contributed by atoms with Gasteiger partial charge in [-0.2, -0.15) is 0 Å². The van der Waals surface area contributed by atoms with Crippen molar-refractivity contribution in [1.29, 1.82) is 0 Å². The van der Waals surface area contributed by atoms with Gasteiger partial charge in [0.15, 0.2) is 0 Å². The molecule has 0 aliphatic carbocycles. The van der Waals surface area contributed by atoms with Crippen LogP contribution in [-0.4, -0.2) is 7.11 Å². The maximum absolute atomic E-state index is 12.2. The second-order valence-corrected chi connectivity index (χ2v) is 6.25. The second-order valence-electron chi connectivity index (χ2n) is 4.48.